The first-order valence-corrected chi connectivity index (χ1v) is 7.27. The molecule has 0 spiro atoms. The van der Waals surface area contributed by atoms with Gasteiger partial charge in [-0.2, -0.15) is 0 Å². The van der Waals surface area contributed by atoms with E-state index < -0.39 is 11.0 Å². The molecule has 0 amide bonds. The zero-order valence-electron chi connectivity index (χ0n) is 12.4. The Kier molecular flexibility index (Phi) is 5.14. The molecule has 1 saturated heterocycles. The molecule has 0 saturated carbocycles. The van der Waals surface area contributed by atoms with Gasteiger partial charge in [-0.25, -0.2) is 0 Å². The van der Waals surface area contributed by atoms with Gasteiger partial charge in [0.1, 0.15) is 12.7 Å². The fourth-order valence-corrected chi connectivity index (χ4v) is 2.67. The van der Waals surface area contributed by atoms with Gasteiger partial charge < -0.3 is 9.84 Å². The predicted octanol–water partition coefficient (Wildman–Crippen LogP) is 2.06. The van der Waals surface area contributed by atoms with E-state index in [0.717, 1.165) is 13.0 Å². The van der Waals surface area contributed by atoms with Crippen molar-refractivity contribution in [3.8, 4) is 5.75 Å². The minimum atomic E-state index is -0.655. The monoisotopic (exact) mass is 294 g/mol. The average molecular weight is 294 g/mol. The topological polar surface area (TPSA) is 75.8 Å². The third-order valence-electron chi connectivity index (χ3n) is 4.21. The molecular formula is C15H22N2O4. The number of β-amino-alcohol motifs (C(OH)–C–C–N with tert-alkyl or cyclic N) is 1. The van der Waals surface area contributed by atoms with Crippen molar-refractivity contribution >= 4 is 5.69 Å². The fraction of sp³-hybridized carbons (Fsp3) is 0.600. The van der Waals surface area contributed by atoms with Gasteiger partial charge in [-0.15, -0.1) is 0 Å². The Balaban J connectivity index is 1.87. The number of benzene rings is 1. The average Bonchev–Trinajstić information content (AvgIpc) is 2.77. The molecule has 1 heterocycles. The van der Waals surface area contributed by atoms with E-state index in [-0.39, 0.29) is 18.0 Å². The molecule has 1 aromatic carbocycles. The van der Waals surface area contributed by atoms with Gasteiger partial charge in [0.2, 0.25) is 0 Å². The molecule has 0 bridgehead atoms. The highest BCUT2D eigenvalue weighted by Crippen LogP contribution is 2.26. The molecule has 3 atom stereocenters. The molecule has 21 heavy (non-hydrogen) atoms. The third kappa shape index (κ3) is 3.92. The van der Waals surface area contributed by atoms with Gasteiger partial charge in [-0.05, 0) is 31.9 Å². The zero-order chi connectivity index (χ0) is 15.4. The summed E-state index contributed by atoms with van der Waals surface area (Å²) in [5.41, 5.74) is -0.0761. The summed E-state index contributed by atoms with van der Waals surface area (Å²) in [5.74, 6) is 0.831. The molecule has 1 aromatic rings. The van der Waals surface area contributed by atoms with Crippen LogP contribution in [0.5, 0.6) is 5.75 Å². The molecule has 2 rings (SSSR count). The van der Waals surface area contributed by atoms with Crippen molar-refractivity contribution in [3.05, 3.63) is 34.4 Å². The van der Waals surface area contributed by atoms with Crippen molar-refractivity contribution in [2.75, 3.05) is 19.7 Å². The Morgan fingerprint density at radius 2 is 2.19 bits per heavy atom. The SMILES string of the molecule is CC1CCN(CC(O)COc2ccccc2[N+](=O)[O-])C1C. The lowest BCUT2D eigenvalue weighted by atomic mass is 10.1. The van der Waals surface area contributed by atoms with Crippen LogP contribution in [0.4, 0.5) is 5.69 Å². The van der Waals surface area contributed by atoms with Crippen LogP contribution in [0.1, 0.15) is 20.3 Å². The Labute approximate surface area is 124 Å². The minimum Gasteiger partial charge on any atom is -0.484 e. The zero-order valence-corrected chi connectivity index (χ0v) is 12.4. The molecule has 0 aliphatic carbocycles. The number of aliphatic hydroxyl groups excluding tert-OH is 1. The van der Waals surface area contributed by atoms with Gasteiger partial charge in [-0.3, -0.25) is 15.0 Å². The largest absolute Gasteiger partial charge is 0.484 e. The number of ether oxygens (including phenoxy) is 1. The highest BCUT2D eigenvalue weighted by Gasteiger charge is 2.28. The molecule has 3 unspecified atom stereocenters. The van der Waals surface area contributed by atoms with Gasteiger partial charge in [0.15, 0.2) is 5.75 Å². The summed E-state index contributed by atoms with van der Waals surface area (Å²) in [6.45, 7) is 5.94. The normalized spacial score (nSPS) is 24.0. The third-order valence-corrected chi connectivity index (χ3v) is 4.21. The number of likely N-dealkylation sites (tertiary alicyclic amines) is 1. The second kappa shape index (κ2) is 6.87. The number of hydrogen-bond acceptors (Lipinski definition) is 5. The Morgan fingerprint density at radius 1 is 1.48 bits per heavy atom. The van der Waals surface area contributed by atoms with Crippen LogP contribution in [0, 0.1) is 16.0 Å². The first-order valence-electron chi connectivity index (χ1n) is 7.27. The number of rotatable bonds is 6. The smallest absolute Gasteiger partial charge is 0.310 e. The fourth-order valence-electron chi connectivity index (χ4n) is 2.67. The maximum absolute atomic E-state index is 10.9. The first kappa shape index (κ1) is 15.7. The van der Waals surface area contributed by atoms with Crippen LogP contribution in [0.3, 0.4) is 0 Å². The summed E-state index contributed by atoms with van der Waals surface area (Å²) in [4.78, 5) is 12.6. The number of nitro groups is 1. The summed E-state index contributed by atoms with van der Waals surface area (Å²) in [6.07, 6.45) is 0.483. The van der Waals surface area contributed by atoms with Crippen molar-refractivity contribution in [2.45, 2.75) is 32.4 Å². The predicted molar refractivity (Wildman–Crippen MR) is 79.4 cm³/mol. The van der Waals surface area contributed by atoms with Crippen LogP contribution in [0.2, 0.25) is 0 Å². The summed E-state index contributed by atoms with van der Waals surface area (Å²) in [5, 5.41) is 20.9. The van der Waals surface area contributed by atoms with Crippen LogP contribution in [-0.2, 0) is 0 Å². The van der Waals surface area contributed by atoms with Gasteiger partial charge >= 0.3 is 5.69 Å². The summed E-state index contributed by atoms with van der Waals surface area (Å²) < 4.78 is 5.41. The molecule has 1 aliphatic rings. The number of hydrogen-bond donors (Lipinski definition) is 1. The van der Waals surface area contributed by atoms with E-state index >= 15 is 0 Å². The molecule has 1 aliphatic heterocycles. The van der Waals surface area contributed by atoms with Crippen LogP contribution in [0.25, 0.3) is 0 Å². The van der Waals surface area contributed by atoms with Gasteiger partial charge in [0, 0.05) is 18.7 Å². The lowest BCUT2D eigenvalue weighted by Crippen LogP contribution is -2.38. The minimum absolute atomic E-state index is 0.0580. The molecule has 116 valence electrons. The molecule has 0 aromatic heterocycles. The van der Waals surface area contributed by atoms with Gasteiger partial charge in [-0.1, -0.05) is 19.1 Å². The Bertz CT molecular complexity index is 494. The quantitative estimate of drug-likeness (QED) is 0.642. The molecule has 1 fully saturated rings. The lowest BCUT2D eigenvalue weighted by molar-refractivity contribution is -0.385. The summed E-state index contributed by atoms with van der Waals surface area (Å²) >= 11 is 0. The maximum atomic E-state index is 10.9. The van der Waals surface area contributed by atoms with Crippen molar-refractivity contribution in [1.82, 2.24) is 4.90 Å². The molecular weight excluding hydrogens is 272 g/mol. The number of aliphatic hydroxyl groups is 1. The van der Waals surface area contributed by atoms with Gasteiger partial charge in [0.05, 0.1) is 4.92 Å². The molecule has 0 radical (unpaired) electrons. The summed E-state index contributed by atoms with van der Waals surface area (Å²) in [7, 11) is 0. The Hall–Kier alpha value is -1.66. The molecule has 6 heteroatoms. The Morgan fingerprint density at radius 3 is 2.81 bits per heavy atom. The van der Waals surface area contributed by atoms with Crippen LogP contribution >= 0.6 is 0 Å². The van der Waals surface area contributed by atoms with E-state index in [2.05, 4.69) is 18.7 Å². The van der Waals surface area contributed by atoms with E-state index in [9.17, 15) is 15.2 Å². The highest BCUT2D eigenvalue weighted by atomic mass is 16.6. The standard InChI is InChI=1S/C15H22N2O4/c1-11-7-8-16(12(11)2)9-13(18)10-21-15-6-4-3-5-14(15)17(19)20/h3-6,11-13,18H,7-10H2,1-2H3. The lowest BCUT2D eigenvalue weighted by Gasteiger charge is -2.25. The second-order valence-electron chi connectivity index (χ2n) is 5.69. The van der Waals surface area contributed by atoms with Crippen molar-refractivity contribution in [2.24, 2.45) is 5.92 Å². The first-order chi connectivity index (χ1) is 9.99. The van der Waals surface area contributed by atoms with Crippen molar-refractivity contribution in [1.29, 1.82) is 0 Å². The van der Waals surface area contributed by atoms with Crippen LogP contribution < -0.4 is 4.74 Å². The maximum Gasteiger partial charge on any atom is 0.310 e. The molecule has 6 nitrogen and oxygen atoms in total. The van der Waals surface area contributed by atoms with E-state index in [1.807, 2.05) is 0 Å². The number of nitrogens with zero attached hydrogens (tertiary/aromatic N) is 2. The van der Waals surface area contributed by atoms with Crippen LogP contribution in [0.15, 0.2) is 24.3 Å². The number of nitro benzene ring substituents is 1. The number of para-hydroxylation sites is 2. The van der Waals surface area contributed by atoms with E-state index in [0.29, 0.717) is 18.5 Å². The van der Waals surface area contributed by atoms with E-state index in [1.165, 1.54) is 6.07 Å². The second-order valence-corrected chi connectivity index (χ2v) is 5.69. The van der Waals surface area contributed by atoms with E-state index in [1.54, 1.807) is 18.2 Å². The van der Waals surface area contributed by atoms with Crippen LogP contribution in [-0.4, -0.2) is 46.8 Å². The van der Waals surface area contributed by atoms with Gasteiger partial charge in [0.25, 0.3) is 0 Å². The van der Waals surface area contributed by atoms with E-state index in [4.69, 9.17) is 4.74 Å². The molecule has 1 N–H and O–H groups in total. The van der Waals surface area contributed by atoms with Crippen molar-refractivity contribution in [3.63, 3.8) is 0 Å². The van der Waals surface area contributed by atoms with Crippen molar-refractivity contribution < 1.29 is 14.8 Å². The summed E-state index contributed by atoms with van der Waals surface area (Å²) in [6, 6.07) is 6.66. The highest BCUT2D eigenvalue weighted by molar-refractivity contribution is 5.45.